The molecule has 2 N–H and O–H groups in total. The Bertz CT molecular complexity index is 898. The lowest BCUT2D eigenvalue weighted by Crippen LogP contribution is -2.41. The SMILES string of the molecule is CCOc1ccc(C(=O)NNC(=O)c2cnn(C)c2-n2cccc2)cc1. The van der Waals surface area contributed by atoms with Gasteiger partial charge in [-0.1, -0.05) is 0 Å². The highest BCUT2D eigenvalue weighted by Crippen LogP contribution is 2.14. The van der Waals surface area contributed by atoms with Gasteiger partial charge in [-0.05, 0) is 43.3 Å². The Hall–Kier alpha value is -3.55. The van der Waals surface area contributed by atoms with Crippen LogP contribution in [-0.2, 0) is 7.05 Å². The Labute approximate surface area is 150 Å². The number of carbonyl (C=O) groups is 2. The maximum atomic E-state index is 12.4. The van der Waals surface area contributed by atoms with Crippen molar-refractivity contribution in [3.8, 4) is 11.6 Å². The first kappa shape index (κ1) is 17.3. The number of benzene rings is 1. The fourth-order valence-corrected chi connectivity index (χ4v) is 2.50. The predicted octanol–water partition coefficient (Wildman–Crippen LogP) is 1.68. The van der Waals surface area contributed by atoms with Gasteiger partial charge in [-0.25, -0.2) is 0 Å². The summed E-state index contributed by atoms with van der Waals surface area (Å²) in [7, 11) is 1.74. The second kappa shape index (κ2) is 7.56. The van der Waals surface area contributed by atoms with Gasteiger partial charge in [-0.15, -0.1) is 0 Å². The van der Waals surface area contributed by atoms with Crippen molar-refractivity contribution in [1.82, 2.24) is 25.2 Å². The molecule has 0 spiro atoms. The molecule has 0 fully saturated rings. The molecule has 26 heavy (non-hydrogen) atoms. The summed E-state index contributed by atoms with van der Waals surface area (Å²) in [4.78, 5) is 24.6. The minimum atomic E-state index is -0.457. The van der Waals surface area contributed by atoms with Crippen molar-refractivity contribution < 1.29 is 14.3 Å². The third-order valence-electron chi connectivity index (χ3n) is 3.72. The van der Waals surface area contributed by atoms with Crippen LogP contribution in [0.2, 0.25) is 0 Å². The smallest absolute Gasteiger partial charge is 0.275 e. The Balaban J connectivity index is 1.67. The summed E-state index contributed by atoms with van der Waals surface area (Å²) in [6, 6.07) is 10.4. The first-order chi connectivity index (χ1) is 12.6. The van der Waals surface area contributed by atoms with Crippen LogP contribution in [0, 0.1) is 0 Å². The lowest BCUT2D eigenvalue weighted by Gasteiger charge is -2.10. The summed E-state index contributed by atoms with van der Waals surface area (Å²) in [5.74, 6) is 0.400. The van der Waals surface area contributed by atoms with Gasteiger partial charge in [-0.3, -0.25) is 25.1 Å². The average molecular weight is 353 g/mol. The fraction of sp³-hybridized carbons (Fsp3) is 0.167. The minimum absolute atomic E-state index is 0.343. The molecule has 2 aromatic heterocycles. The molecule has 0 bridgehead atoms. The Kier molecular flexibility index (Phi) is 5.02. The lowest BCUT2D eigenvalue weighted by molar-refractivity contribution is 0.0846. The van der Waals surface area contributed by atoms with Crippen LogP contribution >= 0.6 is 0 Å². The summed E-state index contributed by atoms with van der Waals surface area (Å²) in [5.41, 5.74) is 5.57. The first-order valence-electron chi connectivity index (χ1n) is 8.09. The van der Waals surface area contributed by atoms with Crippen LogP contribution in [0.25, 0.3) is 5.82 Å². The summed E-state index contributed by atoms with van der Waals surface area (Å²) in [6.07, 6.45) is 5.08. The molecule has 8 nitrogen and oxygen atoms in total. The highest BCUT2D eigenvalue weighted by Gasteiger charge is 2.18. The molecule has 0 aliphatic heterocycles. The average Bonchev–Trinajstić information content (AvgIpc) is 3.29. The van der Waals surface area contributed by atoms with Crippen LogP contribution in [0.5, 0.6) is 5.75 Å². The van der Waals surface area contributed by atoms with Crippen molar-refractivity contribution in [2.45, 2.75) is 6.92 Å². The molecule has 1 aromatic carbocycles. The van der Waals surface area contributed by atoms with Gasteiger partial charge in [0.2, 0.25) is 0 Å². The number of nitrogens with one attached hydrogen (secondary N) is 2. The van der Waals surface area contributed by atoms with Gasteiger partial charge in [0, 0.05) is 25.0 Å². The molecule has 134 valence electrons. The number of hydrazine groups is 1. The number of hydrogen-bond acceptors (Lipinski definition) is 4. The third-order valence-corrected chi connectivity index (χ3v) is 3.72. The van der Waals surface area contributed by atoms with E-state index in [2.05, 4.69) is 16.0 Å². The van der Waals surface area contributed by atoms with Crippen LogP contribution in [0.1, 0.15) is 27.6 Å². The molecule has 3 rings (SSSR count). The van der Waals surface area contributed by atoms with E-state index >= 15 is 0 Å². The van der Waals surface area contributed by atoms with Crippen molar-refractivity contribution in [3.05, 3.63) is 66.1 Å². The zero-order chi connectivity index (χ0) is 18.5. The molecule has 0 saturated carbocycles. The molecular weight excluding hydrogens is 334 g/mol. The zero-order valence-electron chi connectivity index (χ0n) is 14.5. The van der Waals surface area contributed by atoms with E-state index in [4.69, 9.17) is 4.74 Å². The Morgan fingerprint density at radius 3 is 2.38 bits per heavy atom. The standard InChI is InChI=1S/C18H19N5O3/c1-3-26-14-8-6-13(7-9-14)16(24)20-21-17(25)15-12-19-22(2)18(15)23-10-4-5-11-23/h4-12H,3H2,1-2H3,(H,20,24)(H,21,25). The summed E-state index contributed by atoms with van der Waals surface area (Å²) in [5, 5.41) is 4.11. The minimum Gasteiger partial charge on any atom is -0.494 e. The van der Waals surface area contributed by atoms with E-state index in [1.165, 1.54) is 6.20 Å². The Morgan fingerprint density at radius 2 is 1.73 bits per heavy atom. The third kappa shape index (κ3) is 3.59. The number of hydrogen-bond donors (Lipinski definition) is 2. The maximum absolute atomic E-state index is 12.4. The number of aromatic nitrogens is 3. The van der Waals surface area contributed by atoms with Gasteiger partial charge in [0.15, 0.2) is 0 Å². The molecule has 0 atom stereocenters. The highest BCUT2D eigenvalue weighted by atomic mass is 16.5. The number of amides is 2. The van der Waals surface area contributed by atoms with E-state index in [9.17, 15) is 9.59 Å². The molecule has 0 saturated heterocycles. The molecule has 8 heteroatoms. The quantitative estimate of drug-likeness (QED) is 0.683. The van der Waals surface area contributed by atoms with E-state index in [1.807, 2.05) is 31.5 Å². The molecule has 0 aliphatic rings. The van der Waals surface area contributed by atoms with Crippen LogP contribution in [0.3, 0.4) is 0 Å². The van der Waals surface area contributed by atoms with E-state index in [0.29, 0.717) is 29.3 Å². The van der Waals surface area contributed by atoms with Gasteiger partial charge in [0.1, 0.15) is 17.1 Å². The largest absolute Gasteiger partial charge is 0.494 e. The molecule has 3 aromatic rings. The van der Waals surface area contributed by atoms with E-state index in [0.717, 1.165) is 0 Å². The van der Waals surface area contributed by atoms with E-state index in [-0.39, 0.29) is 0 Å². The normalized spacial score (nSPS) is 10.4. The van der Waals surface area contributed by atoms with Crippen molar-refractivity contribution in [1.29, 1.82) is 0 Å². The van der Waals surface area contributed by atoms with Gasteiger partial charge < -0.3 is 9.30 Å². The van der Waals surface area contributed by atoms with Gasteiger partial charge in [0.25, 0.3) is 11.8 Å². The van der Waals surface area contributed by atoms with Gasteiger partial charge >= 0.3 is 0 Å². The zero-order valence-corrected chi connectivity index (χ0v) is 14.5. The summed E-state index contributed by atoms with van der Waals surface area (Å²) in [6.45, 7) is 2.44. The van der Waals surface area contributed by atoms with Crippen LogP contribution in [0.15, 0.2) is 55.0 Å². The molecule has 0 aliphatic carbocycles. The van der Waals surface area contributed by atoms with Crippen molar-refractivity contribution in [2.24, 2.45) is 7.05 Å². The van der Waals surface area contributed by atoms with E-state index < -0.39 is 11.8 Å². The summed E-state index contributed by atoms with van der Waals surface area (Å²) >= 11 is 0. The van der Waals surface area contributed by atoms with Gasteiger partial charge in [0.05, 0.1) is 12.8 Å². The fourth-order valence-electron chi connectivity index (χ4n) is 2.50. The summed E-state index contributed by atoms with van der Waals surface area (Å²) < 4.78 is 8.69. The van der Waals surface area contributed by atoms with Crippen molar-refractivity contribution in [2.75, 3.05) is 6.61 Å². The van der Waals surface area contributed by atoms with E-state index in [1.54, 1.807) is 40.6 Å². The second-order valence-corrected chi connectivity index (χ2v) is 5.46. The molecule has 2 heterocycles. The second-order valence-electron chi connectivity index (χ2n) is 5.46. The molecule has 0 unspecified atom stereocenters. The monoisotopic (exact) mass is 353 g/mol. The first-order valence-corrected chi connectivity index (χ1v) is 8.09. The lowest BCUT2D eigenvalue weighted by atomic mass is 10.2. The van der Waals surface area contributed by atoms with Crippen molar-refractivity contribution in [3.63, 3.8) is 0 Å². The number of carbonyl (C=O) groups excluding carboxylic acids is 2. The van der Waals surface area contributed by atoms with Crippen LogP contribution in [-0.4, -0.2) is 32.8 Å². The number of ether oxygens (including phenoxy) is 1. The predicted molar refractivity (Wildman–Crippen MR) is 95.1 cm³/mol. The topological polar surface area (TPSA) is 90.2 Å². The molecule has 2 amide bonds. The molecular formula is C18H19N5O3. The Morgan fingerprint density at radius 1 is 1.08 bits per heavy atom. The maximum Gasteiger partial charge on any atom is 0.275 e. The van der Waals surface area contributed by atoms with Crippen LogP contribution in [0.4, 0.5) is 0 Å². The van der Waals surface area contributed by atoms with Crippen molar-refractivity contribution >= 4 is 11.8 Å². The molecule has 0 radical (unpaired) electrons. The number of nitrogens with zero attached hydrogens (tertiary/aromatic N) is 3. The van der Waals surface area contributed by atoms with Gasteiger partial charge in [-0.2, -0.15) is 5.10 Å². The van der Waals surface area contributed by atoms with Crippen LogP contribution < -0.4 is 15.6 Å². The number of rotatable bonds is 5. The number of aryl methyl sites for hydroxylation is 1. The highest BCUT2D eigenvalue weighted by molar-refractivity contribution is 6.00.